The third-order valence-corrected chi connectivity index (χ3v) is 4.94. The lowest BCUT2D eigenvalue weighted by molar-refractivity contribution is 1.18. The van der Waals surface area contributed by atoms with Crippen molar-refractivity contribution in [2.45, 2.75) is 0 Å². The Morgan fingerprint density at radius 1 is 0.577 bits per heavy atom. The number of nitrogens with zero attached hydrogens (tertiary/aromatic N) is 1. The molecule has 0 atom stereocenters. The van der Waals surface area contributed by atoms with E-state index in [0.717, 1.165) is 22.1 Å². The highest BCUT2D eigenvalue weighted by Gasteiger charge is 2.13. The lowest BCUT2D eigenvalue weighted by Crippen LogP contribution is -2.02. The number of aromatic nitrogens is 1. The van der Waals surface area contributed by atoms with Crippen molar-refractivity contribution in [2.24, 2.45) is 0 Å². The Bertz CT molecular complexity index is 1240. The van der Waals surface area contributed by atoms with E-state index in [9.17, 15) is 0 Å². The smallest absolute Gasteiger partial charge is 0.114 e. The molecule has 1 nitrogen and oxygen atoms in total. The third kappa shape index (κ3) is 2.27. The molecule has 5 aromatic rings. The van der Waals surface area contributed by atoms with Gasteiger partial charge in [-0.1, -0.05) is 78.3 Å². The van der Waals surface area contributed by atoms with Gasteiger partial charge < -0.3 is 4.57 Å². The molecule has 0 amide bonds. The van der Waals surface area contributed by atoms with E-state index in [0.29, 0.717) is 0 Å². The first-order chi connectivity index (χ1) is 12.8. The fourth-order valence-corrected chi connectivity index (χ4v) is 3.78. The predicted molar refractivity (Wildman–Crippen MR) is 112 cm³/mol. The van der Waals surface area contributed by atoms with E-state index < -0.39 is 0 Å². The fraction of sp³-hybridized carbons (Fsp3) is 0. The van der Waals surface area contributed by atoms with Crippen LogP contribution >= 0.6 is 0 Å². The second-order valence-electron chi connectivity index (χ2n) is 6.51. The number of benzene rings is 4. The highest BCUT2D eigenvalue weighted by atomic mass is 15.0. The molecule has 0 spiro atoms. The van der Waals surface area contributed by atoms with Gasteiger partial charge in [0.1, 0.15) is 7.85 Å². The average Bonchev–Trinajstić information content (AvgIpc) is 3.04. The second-order valence-corrected chi connectivity index (χ2v) is 6.51. The van der Waals surface area contributed by atoms with Crippen LogP contribution in [0.15, 0.2) is 97.1 Å². The molecular weight excluding hydrogens is 313 g/mol. The lowest BCUT2D eigenvalue weighted by Gasteiger charge is -2.10. The van der Waals surface area contributed by atoms with Crippen LogP contribution < -0.4 is 5.46 Å². The molecule has 26 heavy (non-hydrogen) atoms. The zero-order valence-corrected chi connectivity index (χ0v) is 14.3. The average molecular weight is 329 g/mol. The van der Waals surface area contributed by atoms with Crippen LogP contribution in [-0.2, 0) is 0 Å². The predicted octanol–water partition coefficient (Wildman–Crippen LogP) is 5.24. The topological polar surface area (TPSA) is 4.93 Å². The van der Waals surface area contributed by atoms with Gasteiger partial charge in [-0.2, -0.15) is 0 Å². The standard InChI is InChI=1S/C24H16BN/c25-21-13-7-15-23-24(21)20-12-4-5-14-22(20)26(23)19-11-6-10-18(16-19)17-8-2-1-3-9-17/h1-16H. The molecule has 2 radical (unpaired) electrons. The van der Waals surface area contributed by atoms with Crippen LogP contribution in [-0.4, -0.2) is 12.4 Å². The molecule has 0 saturated carbocycles. The normalized spacial score (nSPS) is 11.2. The molecule has 2 heteroatoms. The van der Waals surface area contributed by atoms with Crippen LogP contribution in [0.2, 0.25) is 0 Å². The first-order valence-corrected chi connectivity index (χ1v) is 8.76. The summed E-state index contributed by atoms with van der Waals surface area (Å²) in [4.78, 5) is 0. The highest BCUT2D eigenvalue weighted by molar-refractivity contribution is 6.41. The number of hydrogen-bond donors (Lipinski definition) is 0. The molecule has 0 saturated heterocycles. The summed E-state index contributed by atoms with van der Waals surface area (Å²) in [5.74, 6) is 0. The molecule has 0 aliphatic rings. The van der Waals surface area contributed by atoms with Crippen molar-refractivity contribution in [1.82, 2.24) is 4.57 Å². The summed E-state index contributed by atoms with van der Waals surface area (Å²) in [6.45, 7) is 0. The van der Waals surface area contributed by atoms with Gasteiger partial charge in [-0.25, -0.2) is 0 Å². The number of para-hydroxylation sites is 1. The maximum absolute atomic E-state index is 6.32. The van der Waals surface area contributed by atoms with Crippen molar-refractivity contribution >= 4 is 35.1 Å². The zero-order valence-electron chi connectivity index (χ0n) is 14.3. The van der Waals surface area contributed by atoms with Gasteiger partial charge in [0, 0.05) is 16.5 Å². The van der Waals surface area contributed by atoms with Crippen LogP contribution in [0.4, 0.5) is 0 Å². The van der Waals surface area contributed by atoms with E-state index in [2.05, 4.69) is 83.4 Å². The first kappa shape index (κ1) is 15.0. The summed E-state index contributed by atoms with van der Waals surface area (Å²) < 4.78 is 2.30. The number of hydrogen-bond acceptors (Lipinski definition) is 0. The quantitative estimate of drug-likeness (QED) is 0.390. The van der Waals surface area contributed by atoms with Gasteiger partial charge in [-0.3, -0.25) is 0 Å². The Morgan fingerprint density at radius 2 is 1.27 bits per heavy atom. The minimum absolute atomic E-state index is 0.816. The van der Waals surface area contributed by atoms with Crippen molar-refractivity contribution in [3.8, 4) is 16.8 Å². The molecular formula is C24H16BN. The molecule has 1 heterocycles. The van der Waals surface area contributed by atoms with Crippen LogP contribution in [0.3, 0.4) is 0 Å². The zero-order chi connectivity index (χ0) is 17.5. The lowest BCUT2D eigenvalue weighted by atomic mass is 9.91. The van der Waals surface area contributed by atoms with Gasteiger partial charge in [0.05, 0.1) is 11.0 Å². The van der Waals surface area contributed by atoms with Gasteiger partial charge in [0.25, 0.3) is 0 Å². The van der Waals surface area contributed by atoms with Gasteiger partial charge in [0.15, 0.2) is 0 Å². The molecule has 1 aromatic heterocycles. The molecule has 4 aromatic carbocycles. The summed E-state index contributed by atoms with van der Waals surface area (Å²) in [6, 6.07) is 33.7. The minimum atomic E-state index is 0.816. The van der Waals surface area contributed by atoms with E-state index in [1.165, 1.54) is 22.0 Å². The van der Waals surface area contributed by atoms with Crippen LogP contribution in [0.1, 0.15) is 0 Å². The molecule has 120 valence electrons. The monoisotopic (exact) mass is 329 g/mol. The fourth-order valence-electron chi connectivity index (χ4n) is 3.78. The van der Waals surface area contributed by atoms with E-state index >= 15 is 0 Å². The van der Waals surface area contributed by atoms with E-state index in [-0.39, 0.29) is 0 Å². The molecule has 0 unspecified atom stereocenters. The van der Waals surface area contributed by atoms with E-state index in [1.807, 2.05) is 18.2 Å². The Balaban J connectivity index is 1.84. The van der Waals surface area contributed by atoms with Gasteiger partial charge >= 0.3 is 0 Å². The summed E-state index contributed by atoms with van der Waals surface area (Å²) in [5, 5.41) is 2.30. The highest BCUT2D eigenvalue weighted by Crippen LogP contribution is 2.32. The Morgan fingerprint density at radius 3 is 2.15 bits per heavy atom. The van der Waals surface area contributed by atoms with E-state index in [4.69, 9.17) is 7.85 Å². The molecule has 0 fully saturated rings. The molecule has 5 rings (SSSR count). The summed E-state index contributed by atoms with van der Waals surface area (Å²) in [5.41, 5.74) is 6.69. The minimum Gasteiger partial charge on any atom is -0.309 e. The molecule has 0 N–H and O–H groups in total. The third-order valence-electron chi connectivity index (χ3n) is 4.94. The first-order valence-electron chi connectivity index (χ1n) is 8.76. The van der Waals surface area contributed by atoms with Crippen LogP contribution in [0, 0.1) is 0 Å². The second kappa shape index (κ2) is 5.92. The van der Waals surface area contributed by atoms with Crippen LogP contribution in [0.25, 0.3) is 38.6 Å². The molecule has 0 aliphatic carbocycles. The van der Waals surface area contributed by atoms with Gasteiger partial charge in [-0.15, -0.1) is 0 Å². The summed E-state index contributed by atoms with van der Waals surface area (Å²) in [6.07, 6.45) is 0. The maximum atomic E-state index is 6.32. The van der Waals surface area contributed by atoms with Crippen molar-refractivity contribution < 1.29 is 0 Å². The van der Waals surface area contributed by atoms with Crippen LogP contribution in [0.5, 0.6) is 0 Å². The summed E-state index contributed by atoms with van der Waals surface area (Å²) in [7, 11) is 6.32. The van der Waals surface area contributed by atoms with Crippen molar-refractivity contribution in [3.05, 3.63) is 97.1 Å². The molecule has 0 aliphatic heterocycles. The number of fused-ring (bicyclic) bond motifs is 3. The Labute approximate surface area is 153 Å². The summed E-state index contributed by atoms with van der Waals surface area (Å²) >= 11 is 0. The van der Waals surface area contributed by atoms with Gasteiger partial charge in [0.2, 0.25) is 0 Å². The van der Waals surface area contributed by atoms with Crippen molar-refractivity contribution in [1.29, 1.82) is 0 Å². The van der Waals surface area contributed by atoms with Crippen molar-refractivity contribution in [3.63, 3.8) is 0 Å². The largest absolute Gasteiger partial charge is 0.309 e. The SMILES string of the molecule is [B]c1cccc2c1c1ccccc1n2-c1cccc(-c2ccccc2)c1. The van der Waals surface area contributed by atoms with E-state index in [1.54, 1.807) is 0 Å². The van der Waals surface area contributed by atoms with Gasteiger partial charge in [-0.05, 0) is 35.4 Å². The van der Waals surface area contributed by atoms with Crippen molar-refractivity contribution in [2.75, 3.05) is 0 Å². The Kier molecular flexibility index (Phi) is 3.43. The Hall–Kier alpha value is -3.26. The maximum Gasteiger partial charge on any atom is 0.114 e. The number of rotatable bonds is 2. The molecule has 0 bridgehead atoms.